The van der Waals surface area contributed by atoms with E-state index in [0.717, 1.165) is 28.0 Å². The highest BCUT2D eigenvalue weighted by molar-refractivity contribution is 9.10. The van der Waals surface area contributed by atoms with E-state index < -0.39 is 0 Å². The van der Waals surface area contributed by atoms with Crippen LogP contribution in [0.2, 0.25) is 10.0 Å². The standard InChI is InChI=1S/C14H16BrCl2N3/c1-3-20-13(14(15)8(2)19-20)7-12(18)9-4-10(16)6-11(17)5-9/h4-6,12H,3,7,18H2,1-2H3. The Balaban J connectivity index is 2.29. The van der Waals surface area contributed by atoms with Gasteiger partial charge in [-0.05, 0) is 53.5 Å². The van der Waals surface area contributed by atoms with Crippen LogP contribution in [0.3, 0.4) is 0 Å². The minimum absolute atomic E-state index is 0.177. The molecule has 0 saturated heterocycles. The SMILES string of the molecule is CCn1nc(C)c(Br)c1CC(N)c1cc(Cl)cc(Cl)c1. The summed E-state index contributed by atoms with van der Waals surface area (Å²) in [7, 11) is 0. The predicted octanol–water partition coefficient (Wildman–Crippen LogP) is 4.52. The van der Waals surface area contributed by atoms with E-state index in [2.05, 4.69) is 28.0 Å². The fraction of sp³-hybridized carbons (Fsp3) is 0.357. The summed E-state index contributed by atoms with van der Waals surface area (Å²) in [4.78, 5) is 0. The molecule has 0 aliphatic heterocycles. The lowest BCUT2D eigenvalue weighted by Crippen LogP contribution is -2.16. The molecule has 1 heterocycles. The molecule has 0 aliphatic carbocycles. The molecule has 2 N–H and O–H groups in total. The van der Waals surface area contributed by atoms with E-state index in [9.17, 15) is 0 Å². The van der Waals surface area contributed by atoms with Crippen molar-refractivity contribution >= 4 is 39.1 Å². The Morgan fingerprint density at radius 3 is 2.45 bits per heavy atom. The molecule has 1 aromatic heterocycles. The molecule has 1 aromatic carbocycles. The monoisotopic (exact) mass is 375 g/mol. The number of nitrogens with two attached hydrogens (primary N) is 1. The fourth-order valence-electron chi connectivity index (χ4n) is 2.18. The van der Waals surface area contributed by atoms with E-state index in [1.165, 1.54) is 0 Å². The number of aromatic nitrogens is 2. The highest BCUT2D eigenvalue weighted by Crippen LogP contribution is 2.28. The van der Waals surface area contributed by atoms with Crippen molar-refractivity contribution in [3.05, 3.63) is 49.7 Å². The lowest BCUT2D eigenvalue weighted by atomic mass is 10.0. The molecular weight excluding hydrogens is 361 g/mol. The largest absolute Gasteiger partial charge is 0.324 e. The minimum atomic E-state index is -0.177. The average molecular weight is 377 g/mol. The van der Waals surface area contributed by atoms with Gasteiger partial charge in [0.2, 0.25) is 0 Å². The lowest BCUT2D eigenvalue weighted by molar-refractivity contribution is 0.586. The lowest BCUT2D eigenvalue weighted by Gasteiger charge is -2.14. The third kappa shape index (κ3) is 3.37. The molecular formula is C14H16BrCl2N3. The second-order valence-electron chi connectivity index (χ2n) is 4.68. The molecule has 0 fully saturated rings. The van der Waals surface area contributed by atoms with Crippen LogP contribution < -0.4 is 5.73 Å². The summed E-state index contributed by atoms with van der Waals surface area (Å²) in [5.74, 6) is 0. The first-order chi connectivity index (χ1) is 9.42. The number of aryl methyl sites for hydroxylation is 2. The van der Waals surface area contributed by atoms with Crippen molar-refractivity contribution in [3.8, 4) is 0 Å². The van der Waals surface area contributed by atoms with Gasteiger partial charge in [0.1, 0.15) is 0 Å². The van der Waals surface area contributed by atoms with Gasteiger partial charge in [0.15, 0.2) is 0 Å². The Kier molecular flexibility index (Phi) is 5.13. The van der Waals surface area contributed by atoms with E-state index >= 15 is 0 Å². The van der Waals surface area contributed by atoms with Crippen molar-refractivity contribution in [2.45, 2.75) is 32.9 Å². The van der Waals surface area contributed by atoms with Crippen LogP contribution in [0.15, 0.2) is 22.7 Å². The summed E-state index contributed by atoms with van der Waals surface area (Å²) in [5, 5.41) is 5.67. The van der Waals surface area contributed by atoms with E-state index in [4.69, 9.17) is 28.9 Å². The first kappa shape index (κ1) is 15.8. The van der Waals surface area contributed by atoms with Crippen LogP contribution in [0, 0.1) is 6.92 Å². The Bertz CT molecular complexity index is 605. The molecule has 0 saturated carbocycles. The number of rotatable bonds is 4. The molecule has 6 heteroatoms. The maximum atomic E-state index is 6.29. The zero-order valence-corrected chi connectivity index (χ0v) is 14.4. The van der Waals surface area contributed by atoms with Crippen molar-refractivity contribution < 1.29 is 0 Å². The van der Waals surface area contributed by atoms with Crippen LogP contribution in [0.25, 0.3) is 0 Å². The van der Waals surface area contributed by atoms with Crippen LogP contribution >= 0.6 is 39.1 Å². The summed E-state index contributed by atoms with van der Waals surface area (Å²) < 4.78 is 2.98. The predicted molar refractivity (Wildman–Crippen MR) is 87.4 cm³/mol. The van der Waals surface area contributed by atoms with Gasteiger partial charge in [0, 0.05) is 29.1 Å². The van der Waals surface area contributed by atoms with E-state index in [1.54, 1.807) is 6.07 Å². The number of hydrogen-bond donors (Lipinski definition) is 1. The summed E-state index contributed by atoms with van der Waals surface area (Å²) in [6, 6.07) is 5.23. The number of halogens is 3. The van der Waals surface area contributed by atoms with E-state index in [-0.39, 0.29) is 6.04 Å². The van der Waals surface area contributed by atoms with Crippen molar-refractivity contribution in [2.24, 2.45) is 5.73 Å². The number of hydrogen-bond acceptors (Lipinski definition) is 2. The summed E-state index contributed by atoms with van der Waals surface area (Å²) in [6.45, 7) is 4.84. The summed E-state index contributed by atoms with van der Waals surface area (Å²) >= 11 is 15.6. The van der Waals surface area contributed by atoms with Crippen molar-refractivity contribution in [3.63, 3.8) is 0 Å². The quantitative estimate of drug-likeness (QED) is 0.852. The molecule has 0 radical (unpaired) electrons. The maximum absolute atomic E-state index is 6.29. The molecule has 1 unspecified atom stereocenters. The fourth-order valence-corrected chi connectivity index (χ4v) is 3.17. The van der Waals surface area contributed by atoms with Gasteiger partial charge in [-0.15, -0.1) is 0 Å². The Labute approximate surface area is 137 Å². The van der Waals surface area contributed by atoms with Crippen molar-refractivity contribution in [1.29, 1.82) is 0 Å². The van der Waals surface area contributed by atoms with Gasteiger partial charge in [0.25, 0.3) is 0 Å². The second-order valence-corrected chi connectivity index (χ2v) is 6.34. The molecule has 2 rings (SSSR count). The normalized spacial score (nSPS) is 12.7. The van der Waals surface area contributed by atoms with E-state index in [1.807, 2.05) is 23.7 Å². The molecule has 0 spiro atoms. The Hall–Kier alpha value is -0.550. The van der Waals surface area contributed by atoms with E-state index in [0.29, 0.717) is 16.5 Å². The van der Waals surface area contributed by atoms with Crippen molar-refractivity contribution in [2.75, 3.05) is 0 Å². The van der Waals surface area contributed by atoms with Gasteiger partial charge in [-0.1, -0.05) is 23.2 Å². The number of benzene rings is 1. The van der Waals surface area contributed by atoms with Gasteiger partial charge in [-0.3, -0.25) is 4.68 Å². The molecule has 3 nitrogen and oxygen atoms in total. The Morgan fingerprint density at radius 2 is 1.90 bits per heavy atom. The molecule has 0 bridgehead atoms. The van der Waals surface area contributed by atoms with Gasteiger partial charge in [-0.2, -0.15) is 5.10 Å². The maximum Gasteiger partial charge on any atom is 0.0738 e. The first-order valence-electron chi connectivity index (χ1n) is 6.35. The highest BCUT2D eigenvalue weighted by atomic mass is 79.9. The van der Waals surface area contributed by atoms with Crippen LogP contribution in [-0.4, -0.2) is 9.78 Å². The number of nitrogens with zero attached hydrogens (tertiary/aromatic N) is 2. The van der Waals surface area contributed by atoms with Gasteiger partial charge in [0.05, 0.1) is 15.9 Å². The van der Waals surface area contributed by atoms with Crippen LogP contribution in [0.1, 0.15) is 29.9 Å². The molecule has 0 amide bonds. The third-order valence-corrected chi connectivity index (χ3v) is 4.65. The average Bonchev–Trinajstić information content (AvgIpc) is 2.65. The zero-order valence-electron chi connectivity index (χ0n) is 11.3. The van der Waals surface area contributed by atoms with Crippen LogP contribution in [0.5, 0.6) is 0 Å². The molecule has 2 aromatic rings. The smallest absolute Gasteiger partial charge is 0.0738 e. The highest BCUT2D eigenvalue weighted by Gasteiger charge is 2.17. The molecule has 20 heavy (non-hydrogen) atoms. The minimum Gasteiger partial charge on any atom is -0.324 e. The molecule has 1 atom stereocenters. The van der Waals surface area contributed by atoms with Gasteiger partial charge < -0.3 is 5.73 Å². The zero-order chi connectivity index (χ0) is 14.9. The van der Waals surface area contributed by atoms with Gasteiger partial charge in [-0.25, -0.2) is 0 Å². The first-order valence-corrected chi connectivity index (χ1v) is 7.90. The Morgan fingerprint density at radius 1 is 1.30 bits per heavy atom. The molecule has 108 valence electrons. The molecule has 0 aliphatic rings. The van der Waals surface area contributed by atoms with Crippen LogP contribution in [-0.2, 0) is 13.0 Å². The topological polar surface area (TPSA) is 43.8 Å². The second kappa shape index (κ2) is 6.48. The van der Waals surface area contributed by atoms with Gasteiger partial charge >= 0.3 is 0 Å². The van der Waals surface area contributed by atoms with Crippen molar-refractivity contribution in [1.82, 2.24) is 9.78 Å². The summed E-state index contributed by atoms with van der Waals surface area (Å²) in [6.07, 6.45) is 0.673. The third-order valence-electron chi connectivity index (χ3n) is 3.18. The summed E-state index contributed by atoms with van der Waals surface area (Å²) in [5.41, 5.74) is 9.28. The van der Waals surface area contributed by atoms with Crippen LogP contribution in [0.4, 0.5) is 0 Å².